The van der Waals surface area contributed by atoms with Gasteiger partial charge in [-0.25, -0.2) is 0 Å². The fourth-order valence-corrected chi connectivity index (χ4v) is 3.62. The van der Waals surface area contributed by atoms with Gasteiger partial charge in [0, 0.05) is 31.1 Å². The van der Waals surface area contributed by atoms with Gasteiger partial charge in [0.25, 0.3) is 0 Å². The van der Waals surface area contributed by atoms with Crippen molar-refractivity contribution in [3.63, 3.8) is 0 Å². The molecule has 1 saturated heterocycles. The third-order valence-electron chi connectivity index (χ3n) is 3.80. The van der Waals surface area contributed by atoms with Gasteiger partial charge in [-0.15, -0.1) is 11.3 Å². The van der Waals surface area contributed by atoms with E-state index in [1.807, 2.05) is 11.3 Å². The van der Waals surface area contributed by atoms with Crippen LogP contribution in [0, 0.1) is 0 Å². The average molecular weight is 280 g/mol. The lowest BCUT2D eigenvalue weighted by molar-refractivity contribution is -0.122. The molecule has 2 aliphatic heterocycles. The van der Waals surface area contributed by atoms with E-state index in [1.54, 1.807) is 0 Å². The number of carbonyl (C=O) groups excluding carboxylic acids is 1. The lowest BCUT2D eigenvalue weighted by Gasteiger charge is -2.26. The summed E-state index contributed by atoms with van der Waals surface area (Å²) in [6, 6.07) is 2.18. The topological polar surface area (TPSA) is 41.6 Å². The van der Waals surface area contributed by atoms with Crippen LogP contribution in [0.2, 0.25) is 0 Å². The van der Waals surface area contributed by atoms with Crippen LogP contribution in [0.25, 0.3) is 0 Å². The predicted molar refractivity (Wildman–Crippen MR) is 75.3 cm³/mol. The monoisotopic (exact) mass is 280 g/mol. The molecule has 3 rings (SSSR count). The van der Waals surface area contributed by atoms with Gasteiger partial charge in [-0.3, -0.25) is 9.69 Å². The Bertz CT molecular complexity index is 440. The minimum atomic E-state index is 0.120. The Morgan fingerprint density at radius 3 is 3.37 bits per heavy atom. The largest absolute Gasteiger partial charge is 0.376 e. The highest BCUT2D eigenvalue weighted by Crippen LogP contribution is 2.23. The first-order valence-corrected chi connectivity index (χ1v) is 7.85. The van der Waals surface area contributed by atoms with Crippen molar-refractivity contribution in [2.45, 2.75) is 31.9 Å². The van der Waals surface area contributed by atoms with Crippen molar-refractivity contribution in [2.24, 2.45) is 0 Å². The van der Waals surface area contributed by atoms with Crippen LogP contribution in [-0.4, -0.2) is 43.2 Å². The van der Waals surface area contributed by atoms with E-state index in [2.05, 4.69) is 21.7 Å². The molecule has 1 atom stereocenters. The molecule has 1 N–H and O–H groups in total. The Kier molecular flexibility index (Phi) is 4.15. The molecule has 1 aromatic rings. The van der Waals surface area contributed by atoms with Crippen LogP contribution in [0.1, 0.15) is 23.3 Å². The fraction of sp³-hybridized carbons (Fsp3) is 0.643. The quantitative estimate of drug-likeness (QED) is 0.906. The molecule has 0 saturated carbocycles. The van der Waals surface area contributed by atoms with Crippen molar-refractivity contribution < 1.29 is 9.53 Å². The SMILES string of the molecule is O=C(CN1CCc2sccc2C1)NCC1CCCO1. The second-order valence-corrected chi connectivity index (χ2v) is 6.27. The van der Waals surface area contributed by atoms with Gasteiger partial charge < -0.3 is 10.1 Å². The molecule has 1 unspecified atom stereocenters. The summed E-state index contributed by atoms with van der Waals surface area (Å²) in [5, 5.41) is 5.13. The molecular formula is C14H20N2O2S. The molecule has 1 fully saturated rings. The molecule has 1 aromatic heterocycles. The van der Waals surface area contributed by atoms with Crippen LogP contribution < -0.4 is 5.32 Å². The minimum Gasteiger partial charge on any atom is -0.376 e. The van der Waals surface area contributed by atoms with Gasteiger partial charge in [-0.05, 0) is 36.3 Å². The number of nitrogens with one attached hydrogen (secondary N) is 1. The Hall–Kier alpha value is -0.910. The molecular weight excluding hydrogens is 260 g/mol. The second-order valence-electron chi connectivity index (χ2n) is 5.27. The highest BCUT2D eigenvalue weighted by atomic mass is 32.1. The number of carbonyl (C=O) groups is 1. The third kappa shape index (κ3) is 3.35. The predicted octanol–water partition coefficient (Wildman–Crippen LogP) is 1.40. The summed E-state index contributed by atoms with van der Waals surface area (Å²) in [5.74, 6) is 0.120. The van der Waals surface area contributed by atoms with Crippen molar-refractivity contribution in [2.75, 3.05) is 26.2 Å². The summed E-state index contributed by atoms with van der Waals surface area (Å²) in [6.45, 7) is 3.90. The van der Waals surface area contributed by atoms with Crippen LogP contribution >= 0.6 is 11.3 Å². The van der Waals surface area contributed by atoms with E-state index in [9.17, 15) is 4.79 Å². The molecule has 19 heavy (non-hydrogen) atoms. The summed E-state index contributed by atoms with van der Waals surface area (Å²) >= 11 is 1.83. The van der Waals surface area contributed by atoms with Crippen LogP contribution in [0.4, 0.5) is 0 Å². The Balaban J connectivity index is 1.42. The molecule has 0 aromatic carbocycles. The van der Waals surface area contributed by atoms with E-state index >= 15 is 0 Å². The average Bonchev–Trinajstić information content (AvgIpc) is 3.07. The second kappa shape index (κ2) is 6.03. The highest BCUT2D eigenvalue weighted by molar-refractivity contribution is 7.10. The summed E-state index contributed by atoms with van der Waals surface area (Å²) < 4.78 is 5.50. The van der Waals surface area contributed by atoms with Crippen LogP contribution in [-0.2, 0) is 22.5 Å². The first kappa shape index (κ1) is 13.1. The number of hydrogen-bond acceptors (Lipinski definition) is 4. The van der Waals surface area contributed by atoms with Crippen molar-refractivity contribution in [1.29, 1.82) is 0 Å². The van der Waals surface area contributed by atoms with E-state index in [0.29, 0.717) is 13.1 Å². The molecule has 3 heterocycles. The molecule has 104 valence electrons. The van der Waals surface area contributed by atoms with E-state index in [-0.39, 0.29) is 12.0 Å². The third-order valence-corrected chi connectivity index (χ3v) is 4.83. The zero-order chi connectivity index (χ0) is 13.1. The molecule has 4 nitrogen and oxygen atoms in total. The maximum absolute atomic E-state index is 11.9. The van der Waals surface area contributed by atoms with Crippen molar-refractivity contribution in [3.05, 3.63) is 21.9 Å². The Labute approximate surface area is 117 Å². The van der Waals surface area contributed by atoms with Gasteiger partial charge in [0.2, 0.25) is 5.91 Å². The number of fused-ring (bicyclic) bond motifs is 1. The first-order valence-electron chi connectivity index (χ1n) is 6.97. The van der Waals surface area contributed by atoms with E-state index in [1.165, 1.54) is 10.4 Å². The Morgan fingerprint density at radius 2 is 2.53 bits per heavy atom. The molecule has 5 heteroatoms. The van der Waals surface area contributed by atoms with E-state index in [0.717, 1.165) is 39.0 Å². The van der Waals surface area contributed by atoms with Gasteiger partial charge in [0.1, 0.15) is 0 Å². The van der Waals surface area contributed by atoms with Gasteiger partial charge in [-0.2, -0.15) is 0 Å². The normalized spacial score (nSPS) is 23.3. The summed E-state index contributed by atoms with van der Waals surface area (Å²) in [7, 11) is 0. The number of hydrogen-bond donors (Lipinski definition) is 1. The van der Waals surface area contributed by atoms with Crippen molar-refractivity contribution in [3.8, 4) is 0 Å². The molecule has 2 aliphatic rings. The molecule has 0 radical (unpaired) electrons. The van der Waals surface area contributed by atoms with E-state index < -0.39 is 0 Å². The number of thiophene rings is 1. The Morgan fingerprint density at radius 1 is 1.58 bits per heavy atom. The smallest absolute Gasteiger partial charge is 0.234 e. The zero-order valence-corrected chi connectivity index (χ0v) is 11.9. The van der Waals surface area contributed by atoms with Gasteiger partial charge in [0.05, 0.1) is 12.6 Å². The minimum absolute atomic E-state index is 0.120. The first-order chi connectivity index (χ1) is 9.31. The molecule has 0 bridgehead atoms. The maximum atomic E-state index is 11.9. The van der Waals surface area contributed by atoms with Crippen LogP contribution in [0.5, 0.6) is 0 Å². The summed E-state index contributed by atoms with van der Waals surface area (Å²) in [6.07, 6.45) is 3.50. The van der Waals surface area contributed by atoms with Crippen LogP contribution in [0.3, 0.4) is 0 Å². The fourth-order valence-electron chi connectivity index (χ4n) is 2.73. The van der Waals surface area contributed by atoms with E-state index in [4.69, 9.17) is 4.74 Å². The molecule has 0 spiro atoms. The standard InChI is InChI=1S/C14H20N2O2S/c17-14(15-8-12-2-1-6-18-12)10-16-5-3-13-11(9-16)4-7-19-13/h4,7,12H,1-3,5-6,8-10H2,(H,15,17). The number of rotatable bonds is 4. The molecule has 0 aliphatic carbocycles. The summed E-state index contributed by atoms with van der Waals surface area (Å²) in [5.41, 5.74) is 1.39. The number of nitrogens with zero attached hydrogens (tertiary/aromatic N) is 1. The summed E-state index contributed by atoms with van der Waals surface area (Å²) in [4.78, 5) is 15.6. The van der Waals surface area contributed by atoms with Gasteiger partial charge >= 0.3 is 0 Å². The number of amides is 1. The van der Waals surface area contributed by atoms with Gasteiger partial charge in [0.15, 0.2) is 0 Å². The molecule has 1 amide bonds. The van der Waals surface area contributed by atoms with Gasteiger partial charge in [-0.1, -0.05) is 0 Å². The number of ether oxygens (including phenoxy) is 1. The lowest BCUT2D eigenvalue weighted by atomic mass is 10.1. The maximum Gasteiger partial charge on any atom is 0.234 e. The highest BCUT2D eigenvalue weighted by Gasteiger charge is 2.20. The zero-order valence-electron chi connectivity index (χ0n) is 11.1. The van der Waals surface area contributed by atoms with Crippen molar-refractivity contribution in [1.82, 2.24) is 10.2 Å². The lowest BCUT2D eigenvalue weighted by Crippen LogP contribution is -2.41. The van der Waals surface area contributed by atoms with Crippen molar-refractivity contribution >= 4 is 17.2 Å². The van der Waals surface area contributed by atoms with Crippen LogP contribution in [0.15, 0.2) is 11.4 Å².